The first-order chi connectivity index (χ1) is 36.2. The number of amides is 5. The van der Waals surface area contributed by atoms with Crippen molar-refractivity contribution in [2.24, 2.45) is 11.8 Å². The summed E-state index contributed by atoms with van der Waals surface area (Å²) in [4.78, 5) is 89.4. The highest BCUT2D eigenvalue weighted by atomic mass is 32.1. The maximum Gasteiger partial charge on any atom is 0.412 e. The number of thiazole rings is 1. The highest BCUT2D eigenvalue weighted by molar-refractivity contribution is 7.09. The molecule has 0 unspecified atom stereocenters. The summed E-state index contributed by atoms with van der Waals surface area (Å²) in [5, 5.41) is 14.0. The van der Waals surface area contributed by atoms with Crippen molar-refractivity contribution in [1.29, 1.82) is 0 Å². The summed E-state index contributed by atoms with van der Waals surface area (Å²) in [5.41, 5.74) is 2.05. The molecule has 17 nitrogen and oxygen atoms in total. The van der Waals surface area contributed by atoms with Crippen molar-refractivity contribution in [1.82, 2.24) is 36.1 Å². The maximum atomic E-state index is 14.8. The van der Waals surface area contributed by atoms with Gasteiger partial charge in [-0.3, -0.25) is 24.1 Å². The molecule has 1 aromatic heterocycles. The summed E-state index contributed by atoms with van der Waals surface area (Å²) in [5.74, 6) is -1.49. The molecule has 18 heteroatoms. The Balaban J connectivity index is 1.49. The van der Waals surface area contributed by atoms with Crippen LogP contribution in [0.2, 0.25) is 0 Å². The van der Waals surface area contributed by atoms with E-state index in [1.165, 1.54) is 11.3 Å². The fourth-order valence-corrected chi connectivity index (χ4v) is 9.79. The lowest BCUT2D eigenvalue weighted by molar-refractivity contribution is -0.149. The fourth-order valence-electron chi connectivity index (χ4n) is 8.93. The van der Waals surface area contributed by atoms with Crippen LogP contribution in [0.3, 0.4) is 0 Å². The van der Waals surface area contributed by atoms with E-state index in [2.05, 4.69) is 32.7 Å². The average Bonchev–Trinajstić information content (AvgIpc) is 3.88. The topological polar surface area (TPSA) is 207 Å². The highest BCUT2D eigenvalue weighted by Gasteiger charge is 2.38. The number of rotatable bonds is 30. The van der Waals surface area contributed by atoms with Gasteiger partial charge in [0, 0.05) is 44.1 Å². The van der Waals surface area contributed by atoms with Crippen molar-refractivity contribution in [3.8, 4) is 5.75 Å². The first-order valence-electron chi connectivity index (χ1n) is 27.3. The van der Waals surface area contributed by atoms with E-state index < -0.39 is 59.8 Å². The number of nitrogens with one attached hydrogen (secondary N) is 4. The Labute approximate surface area is 456 Å². The second kappa shape index (κ2) is 32.0. The van der Waals surface area contributed by atoms with Crippen molar-refractivity contribution < 1.29 is 47.7 Å². The zero-order valence-corrected chi connectivity index (χ0v) is 47.7. The van der Waals surface area contributed by atoms with Crippen molar-refractivity contribution in [2.45, 2.75) is 175 Å². The van der Waals surface area contributed by atoms with Crippen LogP contribution >= 0.6 is 11.3 Å². The second-order valence-electron chi connectivity index (χ2n) is 21.1. The lowest BCUT2D eigenvalue weighted by Crippen LogP contribution is -2.58. The van der Waals surface area contributed by atoms with E-state index in [0.29, 0.717) is 75.5 Å². The van der Waals surface area contributed by atoms with E-state index in [1.807, 2.05) is 76.9 Å². The monoisotopic (exact) mass is 1070 g/mol. The van der Waals surface area contributed by atoms with Crippen LogP contribution in [0.1, 0.15) is 159 Å². The number of likely N-dealkylation sites (N-methyl/N-ethyl adjacent to an activating group) is 1. The zero-order chi connectivity index (χ0) is 55.8. The number of benzene rings is 2. The van der Waals surface area contributed by atoms with Crippen molar-refractivity contribution in [3.63, 3.8) is 0 Å². The second-order valence-corrected chi connectivity index (χ2v) is 22.0. The summed E-state index contributed by atoms with van der Waals surface area (Å²) in [7, 11) is 1.96. The number of carbonyl (C=O) groups is 6. The molecule has 420 valence electrons. The molecule has 0 saturated carbocycles. The molecule has 2 heterocycles. The van der Waals surface area contributed by atoms with Gasteiger partial charge >= 0.3 is 18.2 Å². The minimum atomic E-state index is -0.727. The predicted octanol–water partition coefficient (Wildman–Crippen LogP) is 9.70. The van der Waals surface area contributed by atoms with Gasteiger partial charge in [0.2, 0.25) is 11.8 Å². The van der Waals surface area contributed by atoms with Gasteiger partial charge in [-0.2, -0.15) is 0 Å². The lowest BCUT2D eigenvalue weighted by atomic mass is 9.93. The van der Waals surface area contributed by atoms with Gasteiger partial charge in [-0.1, -0.05) is 102 Å². The third kappa shape index (κ3) is 21.3. The first kappa shape index (κ1) is 62.7. The third-order valence-electron chi connectivity index (χ3n) is 13.3. The Bertz CT molecular complexity index is 2310. The Morgan fingerprint density at radius 1 is 0.882 bits per heavy atom. The van der Waals surface area contributed by atoms with Crippen molar-refractivity contribution >= 4 is 47.2 Å². The predicted molar refractivity (Wildman–Crippen MR) is 297 cm³/mol. The zero-order valence-electron chi connectivity index (χ0n) is 46.9. The standard InChI is InChI=1S/C58H87N7O10S/c1-12-31-65(54(68)50(40(6)14-3)63-52(67)47-24-18-21-32-64(47)11)48(39(4)5)36-49(72-33-13-2)53-62-46(38-76-53)51(66)61-44(34-41(7)55(69)73-37-43-22-16-15-17-23-43)35-42-25-27-45(28-26-42)74-56(70)59-29-19-20-30-60-57(71)75-58(8,9)10/h15-17,22-23,25-28,38,40-41,44,47-50H,4,12-14,18-21,24,29-37H2,1-3,5-11H3,(H,59,70)(H,60,71)(H,61,66)(H,63,67)/t40-,41-,44+,47+,48+,49+,50-/m0/s1. The summed E-state index contributed by atoms with van der Waals surface area (Å²) in [6.45, 7) is 24.1. The number of nitrogens with zero attached hydrogens (tertiary/aromatic N) is 3. The largest absolute Gasteiger partial charge is 0.461 e. The van der Waals surface area contributed by atoms with Gasteiger partial charge in [0.15, 0.2) is 0 Å². The van der Waals surface area contributed by atoms with Crippen molar-refractivity contribution in [2.75, 3.05) is 39.8 Å². The number of piperidine rings is 1. The SMILES string of the molecule is C=C(C)[C@@H](C[C@@H](OCCC)c1nc(C(=O)N[C@@H](Cc2ccc(OC(=O)NCCCCNC(=O)OC(C)(C)C)cc2)C[C@H](C)C(=O)OCc2ccccc2)cs1)N(CCC)C(=O)[C@@H](NC(=O)[C@H]1CCCCN1C)[C@@H](C)CC. The lowest BCUT2D eigenvalue weighted by Gasteiger charge is -2.39. The summed E-state index contributed by atoms with van der Waals surface area (Å²) < 4.78 is 22.9. The Morgan fingerprint density at radius 3 is 2.18 bits per heavy atom. The van der Waals surface area contributed by atoms with Crippen LogP contribution in [-0.4, -0.2) is 120 Å². The number of hydrogen-bond acceptors (Lipinski definition) is 13. The van der Waals surface area contributed by atoms with Gasteiger partial charge in [0.25, 0.3) is 5.91 Å². The quantitative estimate of drug-likeness (QED) is 0.0280. The van der Waals surface area contributed by atoms with E-state index in [9.17, 15) is 28.8 Å². The van der Waals surface area contributed by atoms with Crippen LogP contribution in [0.15, 0.2) is 72.1 Å². The molecule has 7 atom stereocenters. The molecule has 0 spiro atoms. The molecule has 76 heavy (non-hydrogen) atoms. The summed E-state index contributed by atoms with van der Waals surface area (Å²) in [6.07, 6.45) is 5.34. The van der Waals surface area contributed by atoms with Crippen LogP contribution in [-0.2, 0) is 41.6 Å². The smallest absolute Gasteiger partial charge is 0.412 e. The number of carbonyl (C=O) groups excluding carboxylic acids is 6. The fraction of sp³-hybridized carbons (Fsp3) is 0.603. The number of likely N-dealkylation sites (tertiary alicyclic amines) is 1. The number of ether oxygens (including phenoxy) is 4. The Kier molecular flexibility index (Phi) is 26.4. The number of unbranched alkanes of at least 4 members (excludes halogenated alkanes) is 1. The van der Waals surface area contributed by atoms with Gasteiger partial charge in [-0.25, -0.2) is 14.6 Å². The molecule has 4 rings (SSSR count). The van der Waals surface area contributed by atoms with Crippen LogP contribution in [0.5, 0.6) is 5.75 Å². The van der Waals surface area contributed by atoms with Gasteiger partial charge in [0.05, 0.1) is 18.0 Å². The van der Waals surface area contributed by atoms with Crippen LogP contribution < -0.4 is 26.0 Å². The first-order valence-corrected chi connectivity index (χ1v) is 28.2. The minimum Gasteiger partial charge on any atom is -0.461 e. The highest BCUT2D eigenvalue weighted by Crippen LogP contribution is 2.32. The molecule has 1 fully saturated rings. The average molecular weight is 1070 g/mol. The number of aromatic nitrogens is 1. The molecule has 0 aliphatic carbocycles. The van der Waals surface area contributed by atoms with Gasteiger partial charge in [0.1, 0.15) is 40.8 Å². The van der Waals surface area contributed by atoms with E-state index in [4.69, 9.17) is 23.9 Å². The van der Waals surface area contributed by atoms with Crippen molar-refractivity contribution in [3.05, 3.63) is 94.0 Å². The molecule has 0 radical (unpaired) electrons. The molecule has 2 aromatic carbocycles. The minimum absolute atomic E-state index is 0.119. The number of alkyl carbamates (subject to hydrolysis) is 1. The number of hydrogen-bond donors (Lipinski definition) is 4. The van der Waals surface area contributed by atoms with Crippen LogP contribution in [0.25, 0.3) is 0 Å². The van der Waals surface area contributed by atoms with E-state index in [1.54, 1.807) is 57.3 Å². The normalized spacial score (nSPS) is 16.2. The van der Waals surface area contributed by atoms with Gasteiger partial charge in [-0.15, -0.1) is 11.3 Å². The molecule has 1 aliphatic rings. The molecule has 4 N–H and O–H groups in total. The Hall–Kier alpha value is -5.85. The van der Waals surface area contributed by atoms with E-state index in [-0.39, 0.29) is 42.5 Å². The molecule has 5 amide bonds. The summed E-state index contributed by atoms with van der Waals surface area (Å²) in [6, 6.07) is 14.4. The molecule has 1 saturated heterocycles. The van der Waals surface area contributed by atoms with E-state index in [0.717, 1.165) is 48.9 Å². The molecular formula is C58H87N7O10S. The third-order valence-corrected chi connectivity index (χ3v) is 14.2. The molecule has 3 aromatic rings. The van der Waals surface area contributed by atoms with Crippen LogP contribution in [0, 0.1) is 11.8 Å². The molecule has 0 bridgehead atoms. The molecular weight excluding hydrogens is 987 g/mol. The Morgan fingerprint density at radius 2 is 1.57 bits per heavy atom. The van der Waals surface area contributed by atoms with Gasteiger partial charge in [-0.05, 0) is 122 Å². The summed E-state index contributed by atoms with van der Waals surface area (Å²) >= 11 is 1.30. The van der Waals surface area contributed by atoms with Crippen LogP contribution in [0.4, 0.5) is 9.59 Å². The van der Waals surface area contributed by atoms with Gasteiger partial charge < -0.3 is 45.1 Å². The molecule has 1 aliphatic heterocycles. The number of esters is 1. The maximum absolute atomic E-state index is 14.8. The van der Waals surface area contributed by atoms with E-state index >= 15 is 0 Å².